The Morgan fingerprint density at radius 3 is 0.972 bits per heavy atom. The summed E-state index contributed by atoms with van der Waals surface area (Å²) in [5, 5.41) is 0. The zero-order chi connectivity index (χ0) is 25.9. The third-order valence-corrected chi connectivity index (χ3v) is 8.32. The van der Waals surface area contributed by atoms with Gasteiger partial charge in [0.25, 0.3) is 0 Å². The van der Waals surface area contributed by atoms with Crippen molar-refractivity contribution in [3.05, 3.63) is 12.4 Å². The van der Waals surface area contributed by atoms with E-state index in [9.17, 15) is 0 Å². The molecule has 1 aliphatic rings. The smallest absolute Gasteiger partial charge is 0.101 e. The summed E-state index contributed by atoms with van der Waals surface area (Å²) in [6.07, 6.45) is 42.5. The predicted octanol–water partition coefficient (Wildman–Crippen LogP) is 11.6. The van der Waals surface area contributed by atoms with Crippen LogP contribution in [0.25, 0.3) is 0 Å². The van der Waals surface area contributed by atoms with Crippen molar-refractivity contribution in [1.82, 2.24) is 9.80 Å². The van der Waals surface area contributed by atoms with Crippen LogP contribution in [0, 0.1) is 0 Å². The first-order valence-corrected chi connectivity index (χ1v) is 17.0. The Morgan fingerprint density at radius 1 is 0.361 bits per heavy atom. The molecule has 0 N–H and O–H groups in total. The van der Waals surface area contributed by atoms with E-state index in [0.717, 1.165) is 0 Å². The molecule has 0 aromatic heterocycles. The molecule has 0 spiro atoms. The van der Waals surface area contributed by atoms with Crippen molar-refractivity contribution in [3.8, 4) is 0 Å². The fourth-order valence-corrected chi connectivity index (χ4v) is 5.83. The number of hydrogen-bond acceptors (Lipinski definition) is 2. The lowest BCUT2D eigenvalue weighted by Crippen LogP contribution is -2.39. The second-order valence-electron chi connectivity index (χ2n) is 11.8. The van der Waals surface area contributed by atoms with Gasteiger partial charge < -0.3 is 9.80 Å². The normalized spacial score (nSPS) is 15.5. The van der Waals surface area contributed by atoms with Gasteiger partial charge in [0.2, 0.25) is 0 Å². The molecule has 2 heteroatoms. The molecule has 0 saturated carbocycles. The minimum absolute atomic E-state index is 0.642. The van der Waals surface area contributed by atoms with Crippen LogP contribution in [0.1, 0.15) is 188 Å². The van der Waals surface area contributed by atoms with E-state index in [2.05, 4.69) is 43.0 Å². The van der Waals surface area contributed by atoms with Crippen molar-refractivity contribution in [2.75, 3.05) is 13.1 Å². The summed E-state index contributed by atoms with van der Waals surface area (Å²) < 4.78 is 0. The number of rotatable bonds is 28. The molecule has 1 rings (SSSR count). The lowest BCUT2D eigenvalue weighted by atomic mass is 10.0. The van der Waals surface area contributed by atoms with Gasteiger partial charge in [-0.25, -0.2) is 0 Å². The summed E-state index contributed by atoms with van der Waals surface area (Å²) >= 11 is 0. The second-order valence-corrected chi connectivity index (χ2v) is 11.8. The molecule has 214 valence electrons. The van der Waals surface area contributed by atoms with Crippen LogP contribution in [-0.2, 0) is 0 Å². The molecule has 2 nitrogen and oxygen atoms in total. The molecular formula is C34H68N2. The maximum Gasteiger partial charge on any atom is 0.101 e. The van der Waals surface area contributed by atoms with Crippen molar-refractivity contribution in [3.63, 3.8) is 0 Å². The SMILES string of the molecule is CCCCCCCCCCCCCCC1N(CCCCCCC)C=CN1CCCCCCCCCC. The zero-order valence-electron chi connectivity index (χ0n) is 25.4. The lowest BCUT2D eigenvalue weighted by Gasteiger charge is -2.33. The van der Waals surface area contributed by atoms with Gasteiger partial charge in [-0.2, -0.15) is 0 Å². The fourth-order valence-electron chi connectivity index (χ4n) is 5.83. The fraction of sp³-hybridized carbons (Fsp3) is 0.941. The van der Waals surface area contributed by atoms with Crippen LogP contribution in [-0.4, -0.2) is 29.1 Å². The van der Waals surface area contributed by atoms with E-state index in [-0.39, 0.29) is 0 Å². The van der Waals surface area contributed by atoms with Gasteiger partial charge in [-0.1, -0.05) is 162 Å². The Kier molecular flexibility index (Phi) is 24.1. The van der Waals surface area contributed by atoms with E-state index in [1.807, 2.05) is 0 Å². The average Bonchev–Trinajstić information content (AvgIpc) is 3.27. The Hall–Kier alpha value is -0.660. The molecular weight excluding hydrogens is 436 g/mol. The first kappa shape index (κ1) is 33.4. The summed E-state index contributed by atoms with van der Waals surface area (Å²) in [6.45, 7) is 9.46. The van der Waals surface area contributed by atoms with E-state index in [1.54, 1.807) is 0 Å². The third kappa shape index (κ3) is 18.6. The van der Waals surface area contributed by atoms with Gasteiger partial charge in [0, 0.05) is 25.5 Å². The van der Waals surface area contributed by atoms with E-state index >= 15 is 0 Å². The van der Waals surface area contributed by atoms with Gasteiger partial charge in [0.05, 0.1) is 0 Å². The number of hydrogen-bond donors (Lipinski definition) is 0. The van der Waals surface area contributed by atoms with E-state index in [4.69, 9.17) is 0 Å². The van der Waals surface area contributed by atoms with Crippen LogP contribution >= 0.6 is 0 Å². The van der Waals surface area contributed by atoms with Gasteiger partial charge in [-0.3, -0.25) is 0 Å². The topological polar surface area (TPSA) is 6.48 Å². The highest BCUT2D eigenvalue weighted by Crippen LogP contribution is 2.24. The number of unbranched alkanes of at least 4 members (excludes halogenated alkanes) is 22. The Morgan fingerprint density at radius 2 is 0.639 bits per heavy atom. The summed E-state index contributed by atoms with van der Waals surface area (Å²) in [4.78, 5) is 5.39. The molecule has 1 heterocycles. The Balaban J connectivity index is 2.21. The minimum Gasteiger partial charge on any atom is -0.356 e. The minimum atomic E-state index is 0.642. The van der Waals surface area contributed by atoms with Crippen molar-refractivity contribution in [2.45, 2.75) is 194 Å². The molecule has 1 unspecified atom stereocenters. The Labute approximate surface area is 229 Å². The maximum atomic E-state index is 2.70. The molecule has 0 bridgehead atoms. The van der Waals surface area contributed by atoms with Gasteiger partial charge in [-0.15, -0.1) is 0 Å². The molecule has 0 aliphatic carbocycles. The highest BCUT2D eigenvalue weighted by atomic mass is 15.4. The predicted molar refractivity (Wildman–Crippen MR) is 163 cm³/mol. The first-order chi connectivity index (χ1) is 17.8. The maximum absolute atomic E-state index is 2.70. The average molecular weight is 505 g/mol. The van der Waals surface area contributed by atoms with Crippen LogP contribution in [0.3, 0.4) is 0 Å². The molecule has 0 aromatic rings. The molecule has 0 aromatic carbocycles. The highest BCUT2D eigenvalue weighted by Gasteiger charge is 2.24. The largest absolute Gasteiger partial charge is 0.356 e. The van der Waals surface area contributed by atoms with Crippen molar-refractivity contribution in [1.29, 1.82) is 0 Å². The van der Waals surface area contributed by atoms with Crippen LogP contribution in [0.2, 0.25) is 0 Å². The summed E-state index contributed by atoms with van der Waals surface area (Å²) in [5.41, 5.74) is 0. The van der Waals surface area contributed by atoms with Crippen LogP contribution < -0.4 is 0 Å². The van der Waals surface area contributed by atoms with E-state index < -0.39 is 0 Å². The molecule has 1 aliphatic heterocycles. The molecule has 1 atom stereocenters. The van der Waals surface area contributed by atoms with Gasteiger partial charge in [0.1, 0.15) is 6.17 Å². The quantitative estimate of drug-likeness (QED) is 0.0977. The summed E-state index contributed by atoms with van der Waals surface area (Å²) in [7, 11) is 0. The molecule has 0 fully saturated rings. The van der Waals surface area contributed by atoms with Crippen LogP contribution in [0.5, 0.6) is 0 Å². The van der Waals surface area contributed by atoms with Crippen molar-refractivity contribution >= 4 is 0 Å². The lowest BCUT2D eigenvalue weighted by molar-refractivity contribution is 0.135. The summed E-state index contributed by atoms with van der Waals surface area (Å²) in [6, 6.07) is 0. The molecule has 0 amide bonds. The third-order valence-electron chi connectivity index (χ3n) is 8.32. The highest BCUT2D eigenvalue weighted by molar-refractivity contribution is 4.97. The molecule has 36 heavy (non-hydrogen) atoms. The first-order valence-electron chi connectivity index (χ1n) is 17.0. The zero-order valence-corrected chi connectivity index (χ0v) is 25.4. The second kappa shape index (κ2) is 26.0. The van der Waals surface area contributed by atoms with E-state index in [1.165, 1.54) is 180 Å². The van der Waals surface area contributed by atoms with Crippen molar-refractivity contribution in [2.24, 2.45) is 0 Å². The van der Waals surface area contributed by atoms with Crippen LogP contribution in [0.15, 0.2) is 12.4 Å². The summed E-state index contributed by atoms with van der Waals surface area (Å²) in [5.74, 6) is 0. The van der Waals surface area contributed by atoms with E-state index in [0.29, 0.717) is 6.17 Å². The van der Waals surface area contributed by atoms with Gasteiger partial charge >= 0.3 is 0 Å². The van der Waals surface area contributed by atoms with Gasteiger partial charge in [0.15, 0.2) is 0 Å². The molecule has 0 radical (unpaired) electrons. The van der Waals surface area contributed by atoms with Crippen molar-refractivity contribution < 1.29 is 0 Å². The standard InChI is InChI=1S/C34H68N2/c1-4-7-10-13-15-17-18-19-20-21-23-26-29-34-35(30-27-24-12-9-6-3)32-33-36(34)31-28-25-22-16-14-11-8-5-2/h32-34H,4-31H2,1-3H3. The van der Waals surface area contributed by atoms with Crippen LogP contribution in [0.4, 0.5) is 0 Å². The number of nitrogens with zero attached hydrogens (tertiary/aromatic N) is 2. The Bertz CT molecular complexity index is 460. The van der Waals surface area contributed by atoms with Gasteiger partial charge in [-0.05, 0) is 25.7 Å². The molecule has 0 saturated heterocycles. The monoisotopic (exact) mass is 505 g/mol.